The molecule has 1 N–H and O–H groups in total. The smallest absolute Gasteiger partial charge is 0.265 e. The lowest BCUT2D eigenvalue weighted by molar-refractivity contribution is 0.404. The predicted octanol–water partition coefficient (Wildman–Crippen LogP) is 4.77. The van der Waals surface area contributed by atoms with Gasteiger partial charge < -0.3 is 4.74 Å². The summed E-state index contributed by atoms with van der Waals surface area (Å²) >= 11 is 12.4. The Bertz CT molecular complexity index is 969. The van der Waals surface area contributed by atoms with Crippen molar-refractivity contribution in [2.75, 3.05) is 12.9 Å². The summed E-state index contributed by atoms with van der Waals surface area (Å²) in [7, 11) is -2.92. The average Bonchev–Trinajstić information content (AvgIpc) is 2.53. The fourth-order valence-electron chi connectivity index (χ4n) is 2.91. The van der Waals surface area contributed by atoms with Gasteiger partial charge in [-0.05, 0) is 42.2 Å². The topological polar surface area (TPSA) is 87.4 Å². The first-order valence-corrected chi connectivity index (χ1v) is 10.2. The predicted molar refractivity (Wildman–Crippen MR) is 102 cm³/mol. The molecule has 0 saturated carbocycles. The molecular formula is C18H16Cl2FNO4S. The molecule has 0 amide bonds. The Morgan fingerprint density at radius 2 is 1.93 bits per heavy atom. The van der Waals surface area contributed by atoms with Gasteiger partial charge in [0.25, 0.3) is 10.1 Å². The summed E-state index contributed by atoms with van der Waals surface area (Å²) in [5, 5.41) is 9.52. The molecule has 0 saturated heterocycles. The summed E-state index contributed by atoms with van der Waals surface area (Å²) in [5.74, 6) is -1.69. The third kappa shape index (κ3) is 5.56. The molecule has 0 aliphatic heterocycles. The second kappa shape index (κ2) is 8.89. The zero-order valence-electron chi connectivity index (χ0n) is 14.2. The van der Waals surface area contributed by atoms with Gasteiger partial charge in [-0.1, -0.05) is 29.3 Å². The number of nitrogens with zero attached hydrogens (tertiary/aromatic N) is 1. The molecular weight excluding hydrogens is 416 g/mol. The van der Waals surface area contributed by atoms with E-state index in [-0.39, 0.29) is 18.6 Å². The Hall–Kier alpha value is -1.85. The van der Waals surface area contributed by atoms with Gasteiger partial charge in [0.1, 0.15) is 11.6 Å². The molecule has 0 fully saturated rings. The maximum atomic E-state index is 14.3. The largest absolute Gasteiger partial charge is 0.496 e. The molecule has 5 nitrogen and oxygen atoms in total. The van der Waals surface area contributed by atoms with Crippen molar-refractivity contribution in [1.29, 1.82) is 5.26 Å². The van der Waals surface area contributed by atoms with E-state index in [4.69, 9.17) is 37.8 Å². The molecule has 144 valence electrons. The molecule has 0 heterocycles. The number of halogens is 3. The molecule has 1 atom stereocenters. The number of nitriles is 1. The number of rotatable bonds is 7. The first-order valence-electron chi connectivity index (χ1n) is 7.79. The second-order valence-electron chi connectivity index (χ2n) is 5.92. The standard InChI is InChI=1S/C18H16Cl2FNO4S/c1-26-18-12(7-11(5-6-22)10-27(23,24)25)8-13(21)9-14(18)17-15(19)3-2-4-16(17)20/h2-4,8-9,11H,5,7,10H2,1H3,(H,23,24,25)/t11-/m1/s1. The van der Waals surface area contributed by atoms with Crippen LogP contribution in [-0.2, 0) is 16.5 Å². The van der Waals surface area contributed by atoms with Gasteiger partial charge in [-0.2, -0.15) is 13.7 Å². The van der Waals surface area contributed by atoms with E-state index in [0.717, 1.165) is 0 Å². The lowest BCUT2D eigenvalue weighted by atomic mass is 9.93. The molecule has 2 aromatic rings. The fraction of sp³-hybridized carbons (Fsp3) is 0.278. The summed E-state index contributed by atoms with van der Waals surface area (Å²) in [5.41, 5.74) is 1.03. The van der Waals surface area contributed by atoms with Crippen LogP contribution >= 0.6 is 23.2 Å². The Morgan fingerprint density at radius 3 is 2.44 bits per heavy atom. The quantitative estimate of drug-likeness (QED) is 0.637. The summed E-state index contributed by atoms with van der Waals surface area (Å²) in [6.45, 7) is 0. The highest BCUT2D eigenvalue weighted by molar-refractivity contribution is 7.85. The summed E-state index contributed by atoms with van der Waals surface area (Å²) in [6, 6.07) is 9.14. The van der Waals surface area contributed by atoms with Crippen LogP contribution in [0.15, 0.2) is 30.3 Å². The van der Waals surface area contributed by atoms with Crippen LogP contribution in [-0.4, -0.2) is 25.8 Å². The van der Waals surface area contributed by atoms with E-state index in [0.29, 0.717) is 26.7 Å². The first kappa shape index (κ1) is 21.5. The monoisotopic (exact) mass is 431 g/mol. The van der Waals surface area contributed by atoms with Gasteiger partial charge >= 0.3 is 0 Å². The van der Waals surface area contributed by atoms with Gasteiger partial charge in [-0.25, -0.2) is 4.39 Å². The molecule has 27 heavy (non-hydrogen) atoms. The van der Waals surface area contributed by atoms with E-state index in [9.17, 15) is 12.8 Å². The van der Waals surface area contributed by atoms with Crippen LogP contribution in [0.3, 0.4) is 0 Å². The molecule has 0 unspecified atom stereocenters. The molecule has 0 radical (unpaired) electrons. The van der Waals surface area contributed by atoms with E-state index in [1.807, 2.05) is 6.07 Å². The van der Waals surface area contributed by atoms with Crippen molar-refractivity contribution in [2.24, 2.45) is 5.92 Å². The molecule has 2 aromatic carbocycles. The van der Waals surface area contributed by atoms with Crippen LogP contribution in [0.25, 0.3) is 11.1 Å². The fourth-order valence-corrected chi connectivity index (χ4v) is 4.34. The van der Waals surface area contributed by atoms with Crippen molar-refractivity contribution < 1.29 is 22.1 Å². The van der Waals surface area contributed by atoms with E-state index in [1.54, 1.807) is 18.2 Å². The van der Waals surface area contributed by atoms with Crippen LogP contribution < -0.4 is 4.74 Å². The number of hydrogen-bond acceptors (Lipinski definition) is 4. The lowest BCUT2D eigenvalue weighted by Gasteiger charge is -2.19. The van der Waals surface area contributed by atoms with Crippen LogP contribution in [0.1, 0.15) is 12.0 Å². The summed E-state index contributed by atoms with van der Waals surface area (Å²) in [4.78, 5) is 0. The first-order chi connectivity index (χ1) is 12.7. The molecule has 0 aliphatic carbocycles. The van der Waals surface area contributed by atoms with Gasteiger partial charge in [0.05, 0.1) is 29.0 Å². The molecule has 0 bridgehead atoms. The van der Waals surface area contributed by atoms with Gasteiger partial charge in [-0.3, -0.25) is 4.55 Å². The average molecular weight is 432 g/mol. The Labute approximate surface area is 167 Å². The van der Waals surface area contributed by atoms with Crippen LogP contribution in [0.2, 0.25) is 10.0 Å². The van der Waals surface area contributed by atoms with E-state index in [2.05, 4.69) is 0 Å². The number of hydrogen-bond donors (Lipinski definition) is 1. The normalized spacial score (nSPS) is 12.4. The number of ether oxygens (including phenoxy) is 1. The van der Waals surface area contributed by atoms with Crippen molar-refractivity contribution in [1.82, 2.24) is 0 Å². The molecule has 0 aromatic heterocycles. The minimum absolute atomic E-state index is 0.00333. The van der Waals surface area contributed by atoms with Crippen LogP contribution in [0, 0.1) is 23.1 Å². The second-order valence-corrected chi connectivity index (χ2v) is 8.23. The van der Waals surface area contributed by atoms with E-state index in [1.165, 1.54) is 19.2 Å². The van der Waals surface area contributed by atoms with Crippen LogP contribution in [0.4, 0.5) is 4.39 Å². The van der Waals surface area contributed by atoms with Crippen LogP contribution in [0.5, 0.6) is 5.75 Å². The van der Waals surface area contributed by atoms with Crippen molar-refractivity contribution in [2.45, 2.75) is 12.8 Å². The minimum atomic E-state index is -4.30. The third-order valence-corrected chi connectivity index (χ3v) is 5.42. The highest BCUT2D eigenvalue weighted by Crippen LogP contribution is 2.42. The highest BCUT2D eigenvalue weighted by atomic mass is 35.5. The van der Waals surface area contributed by atoms with Gasteiger partial charge in [0, 0.05) is 17.5 Å². The maximum absolute atomic E-state index is 14.3. The van der Waals surface area contributed by atoms with E-state index < -0.39 is 27.6 Å². The maximum Gasteiger partial charge on any atom is 0.265 e. The van der Waals surface area contributed by atoms with Gasteiger partial charge in [-0.15, -0.1) is 0 Å². The van der Waals surface area contributed by atoms with Crippen molar-refractivity contribution in [3.8, 4) is 22.9 Å². The van der Waals surface area contributed by atoms with Crippen molar-refractivity contribution >= 4 is 33.3 Å². The molecule has 9 heteroatoms. The van der Waals surface area contributed by atoms with E-state index >= 15 is 0 Å². The third-order valence-electron chi connectivity index (χ3n) is 3.90. The Morgan fingerprint density at radius 1 is 1.30 bits per heavy atom. The van der Waals surface area contributed by atoms with Crippen molar-refractivity contribution in [3.05, 3.63) is 51.8 Å². The Kier molecular flexibility index (Phi) is 7.06. The molecule has 2 rings (SSSR count). The lowest BCUT2D eigenvalue weighted by Crippen LogP contribution is -2.18. The zero-order chi connectivity index (χ0) is 20.2. The Balaban J connectivity index is 2.58. The SMILES string of the molecule is COc1c(C[C@@H](CC#N)CS(=O)(=O)O)cc(F)cc1-c1c(Cl)cccc1Cl. The number of benzene rings is 2. The molecule has 0 aliphatic rings. The number of methoxy groups -OCH3 is 1. The van der Waals surface area contributed by atoms with Gasteiger partial charge in [0.2, 0.25) is 0 Å². The zero-order valence-corrected chi connectivity index (χ0v) is 16.6. The minimum Gasteiger partial charge on any atom is -0.496 e. The van der Waals surface area contributed by atoms with Crippen molar-refractivity contribution in [3.63, 3.8) is 0 Å². The summed E-state index contributed by atoms with van der Waals surface area (Å²) < 4.78 is 51.2. The summed E-state index contributed by atoms with van der Waals surface area (Å²) in [6.07, 6.45) is -0.134. The molecule has 0 spiro atoms. The van der Waals surface area contributed by atoms with Gasteiger partial charge in [0.15, 0.2) is 0 Å². The highest BCUT2D eigenvalue weighted by Gasteiger charge is 2.23.